The molecule has 38 heavy (non-hydrogen) atoms. The molecule has 1 aliphatic rings. The molecule has 4 atom stereocenters. The van der Waals surface area contributed by atoms with E-state index in [2.05, 4.69) is 16.0 Å². The summed E-state index contributed by atoms with van der Waals surface area (Å²) in [5, 5.41) is 9.21. The van der Waals surface area contributed by atoms with Crippen molar-refractivity contribution in [1.82, 2.24) is 20.9 Å². The lowest BCUT2D eigenvalue weighted by Gasteiger charge is -2.30. The van der Waals surface area contributed by atoms with Gasteiger partial charge in [0.1, 0.15) is 23.9 Å². The van der Waals surface area contributed by atoms with Gasteiger partial charge in [0.25, 0.3) is 0 Å². The minimum Gasteiger partial charge on any atom is -0.489 e. The largest absolute Gasteiger partial charge is 0.489 e. The van der Waals surface area contributed by atoms with Gasteiger partial charge < -0.3 is 25.6 Å². The van der Waals surface area contributed by atoms with E-state index in [1.54, 1.807) is 14.0 Å². The molecule has 0 aliphatic carbocycles. The summed E-state index contributed by atoms with van der Waals surface area (Å²) in [6.45, 7) is 8.54. The van der Waals surface area contributed by atoms with Crippen molar-refractivity contribution in [2.75, 3.05) is 20.1 Å². The van der Waals surface area contributed by atoms with Crippen LogP contribution >= 0.6 is 0 Å². The molecule has 3 rings (SSSR count). The molecule has 0 fully saturated rings. The SMILES string of the molecule is CCC1NC[C@@H](C)Oc2ccccc2CCCNC(=O)[C@@H](Cc2ccc(C)cc2)NC(=O)[C@@H](C)N(C)C1=O. The summed E-state index contributed by atoms with van der Waals surface area (Å²) in [7, 11) is 1.63. The Morgan fingerprint density at radius 3 is 2.39 bits per heavy atom. The number of nitrogens with zero attached hydrogens (tertiary/aromatic N) is 1. The smallest absolute Gasteiger partial charge is 0.243 e. The van der Waals surface area contributed by atoms with Crippen LogP contribution < -0.4 is 20.7 Å². The molecule has 1 heterocycles. The second-order valence-corrected chi connectivity index (χ2v) is 10.2. The van der Waals surface area contributed by atoms with Crippen molar-refractivity contribution < 1.29 is 19.1 Å². The number of hydrogen-bond acceptors (Lipinski definition) is 5. The number of benzene rings is 2. The fourth-order valence-electron chi connectivity index (χ4n) is 4.49. The molecule has 0 bridgehead atoms. The third-order valence-corrected chi connectivity index (χ3v) is 7.08. The molecule has 0 radical (unpaired) electrons. The van der Waals surface area contributed by atoms with Crippen LogP contribution in [-0.2, 0) is 27.2 Å². The van der Waals surface area contributed by atoms with Gasteiger partial charge in [-0.15, -0.1) is 0 Å². The van der Waals surface area contributed by atoms with Crippen LogP contribution in [-0.4, -0.2) is 67.0 Å². The Balaban J connectivity index is 1.84. The lowest BCUT2D eigenvalue weighted by molar-refractivity contribution is -0.140. The number of carbonyl (C=O) groups excluding carboxylic acids is 3. The van der Waals surface area contributed by atoms with Gasteiger partial charge in [-0.05, 0) is 57.2 Å². The van der Waals surface area contributed by atoms with Crippen LogP contribution in [0, 0.1) is 6.92 Å². The van der Waals surface area contributed by atoms with E-state index in [4.69, 9.17) is 4.74 Å². The van der Waals surface area contributed by atoms with E-state index < -0.39 is 18.1 Å². The van der Waals surface area contributed by atoms with E-state index in [1.807, 2.05) is 69.3 Å². The normalized spacial score (nSPS) is 24.3. The highest BCUT2D eigenvalue weighted by molar-refractivity contribution is 5.92. The van der Waals surface area contributed by atoms with E-state index in [0.717, 1.165) is 35.3 Å². The number of fused-ring (bicyclic) bond motifs is 1. The van der Waals surface area contributed by atoms with Gasteiger partial charge >= 0.3 is 0 Å². The minimum atomic E-state index is -0.758. The highest BCUT2D eigenvalue weighted by Gasteiger charge is 2.30. The van der Waals surface area contributed by atoms with Crippen LogP contribution in [0.25, 0.3) is 0 Å². The molecule has 3 N–H and O–H groups in total. The zero-order chi connectivity index (χ0) is 27.7. The molecule has 3 amide bonds. The molecule has 8 heteroatoms. The Labute approximate surface area is 226 Å². The van der Waals surface area contributed by atoms with Crippen molar-refractivity contribution in [3.05, 3.63) is 65.2 Å². The number of para-hydroxylation sites is 1. The Bertz CT molecular complexity index is 1090. The summed E-state index contributed by atoms with van der Waals surface area (Å²) in [6.07, 6.45) is 2.24. The first-order chi connectivity index (χ1) is 18.2. The number of aryl methyl sites for hydroxylation is 2. The third kappa shape index (κ3) is 8.05. The van der Waals surface area contributed by atoms with Crippen molar-refractivity contribution in [2.45, 2.75) is 77.6 Å². The third-order valence-electron chi connectivity index (χ3n) is 7.08. The zero-order valence-corrected chi connectivity index (χ0v) is 23.3. The van der Waals surface area contributed by atoms with E-state index >= 15 is 0 Å². The fourth-order valence-corrected chi connectivity index (χ4v) is 4.49. The molecule has 0 aromatic heterocycles. The number of nitrogens with one attached hydrogen (secondary N) is 3. The molecule has 2 aromatic rings. The second kappa shape index (κ2) is 14.0. The van der Waals surface area contributed by atoms with Gasteiger partial charge in [-0.2, -0.15) is 0 Å². The monoisotopic (exact) mass is 522 g/mol. The number of carbonyl (C=O) groups is 3. The van der Waals surface area contributed by atoms with Gasteiger partial charge in [0.05, 0.1) is 6.04 Å². The predicted octanol–water partition coefficient (Wildman–Crippen LogP) is 2.77. The average molecular weight is 523 g/mol. The molecular weight excluding hydrogens is 480 g/mol. The fraction of sp³-hybridized carbons (Fsp3) is 0.500. The zero-order valence-electron chi connectivity index (χ0n) is 23.3. The first-order valence-electron chi connectivity index (χ1n) is 13.6. The number of amides is 3. The number of rotatable bonds is 3. The molecule has 0 spiro atoms. The Hall–Kier alpha value is -3.39. The quantitative estimate of drug-likeness (QED) is 0.576. The molecular formula is C30H42N4O4. The summed E-state index contributed by atoms with van der Waals surface area (Å²) in [6, 6.07) is 13.9. The van der Waals surface area contributed by atoms with Crippen molar-refractivity contribution in [3.63, 3.8) is 0 Å². The molecule has 1 aliphatic heterocycles. The van der Waals surface area contributed by atoms with Gasteiger partial charge in [-0.1, -0.05) is 55.0 Å². The lowest BCUT2D eigenvalue weighted by Crippen LogP contribution is -2.56. The predicted molar refractivity (Wildman–Crippen MR) is 149 cm³/mol. The Kier molecular flexibility index (Phi) is 10.7. The van der Waals surface area contributed by atoms with Gasteiger partial charge in [-0.3, -0.25) is 14.4 Å². The topological polar surface area (TPSA) is 99.8 Å². The van der Waals surface area contributed by atoms with Crippen LogP contribution in [0.1, 0.15) is 50.3 Å². The van der Waals surface area contributed by atoms with Crippen molar-refractivity contribution in [3.8, 4) is 5.75 Å². The van der Waals surface area contributed by atoms with E-state index in [9.17, 15) is 14.4 Å². The highest BCUT2D eigenvalue weighted by Crippen LogP contribution is 2.21. The number of hydrogen-bond donors (Lipinski definition) is 3. The van der Waals surface area contributed by atoms with Gasteiger partial charge in [-0.25, -0.2) is 0 Å². The number of likely N-dealkylation sites (N-methyl/N-ethyl adjacent to an activating group) is 1. The molecule has 8 nitrogen and oxygen atoms in total. The molecule has 1 unspecified atom stereocenters. The van der Waals surface area contributed by atoms with Crippen molar-refractivity contribution in [2.24, 2.45) is 0 Å². The standard InChI is InChI=1S/C30H42N4O4/c1-6-25-30(37)34(5)22(4)28(35)33-26(18-23-15-13-20(2)14-16-23)29(36)31-17-9-11-24-10-7-8-12-27(24)38-21(3)19-32-25/h7-8,10,12-16,21-22,25-26,32H,6,9,11,17-19H2,1-5H3,(H,31,36)(H,33,35)/t21-,22-,25?,26-/m1/s1. The summed E-state index contributed by atoms with van der Waals surface area (Å²) < 4.78 is 6.21. The molecule has 0 saturated heterocycles. The lowest BCUT2D eigenvalue weighted by atomic mass is 10.0. The highest BCUT2D eigenvalue weighted by atomic mass is 16.5. The van der Waals surface area contributed by atoms with Crippen LogP contribution in [0.2, 0.25) is 0 Å². The van der Waals surface area contributed by atoms with Gasteiger partial charge in [0, 0.05) is 26.6 Å². The summed E-state index contributed by atoms with van der Waals surface area (Å²) in [4.78, 5) is 41.2. The summed E-state index contributed by atoms with van der Waals surface area (Å²) in [5.74, 6) is 0.0226. The van der Waals surface area contributed by atoms with E-state index in [1.165, 1.54) is 4.90 Å². The van der Waals surface area contributed by atoms with Crippen LogP contribution in [0.4, 0.5) is 0 Å². The average Bonchev–Trinajstić information content (AvgIpc) is 2.91. The van der Waals surface area contributed by atoms with Crippen LogP contribution in [0.15, 0.2) is 48.5 Å². The Morgan fingerprint density at radius 1 is 0.974 bits per heavy atom. The van der Waals surface area contributed by atoms with Gasteiger partial charge in [0.15, 0.2) is 0 Å². The van der Waals surface area contributed by atoms with Crippen LogP contribution in [0.3, 0.4) is 0 Å². The first-order valence-corrected chi connectivity index (χ1v) is 13.6. The van der Waals surface area contributed by atoms with Crippen molar-refractivity contribution in [1.29, 1.82) is 0 Å². The van der Waals surface area contributed by atoms with Crippen molar-refractivity contribution >= 4 is 17.7 Å². The first kappa shape index (κ1) is 29.2. The minimum absolute atomic E-state index is 0.162. The summed E-state index contributed by atoms with van der Waals surface area (Å²) in [5.41, 5.74) is 3.14. The molecule has 0 saturated carbocycles. The maximum absolute atomic E-state index is 13.3. The maximum atomic E-state index is 13.3. The molecule has 2 aromatic carbocycles. The molecule has 206 valence electrons. The van der Waals surface area contributed by atoms with Gasteiger partial charge in [0.2, 0.25) is 17.7 Å². The second-order valence-electron chi connectivity index (χ2n) is 10.2. The van der Waals surface area contributed by atoms with E-state index in [-0.39, 0.29) is 23.8 Å². The Morgan fingerprint density at radius 2 is 1.68 bits per heavy atom. The number of ether oxygens (including phenoxy) is 1. The van der Waals surface area contributed by atoms with E-state index in [0.29, 0.717) is 25.9 Å². The summed E-state index contributed by atoms with van der Waals surface area (Å²) >= 11 is 0. The van der Waals surface area contributed by atoms with Crippen LogP contribution in [0.5, 0.6) is 5.75 Å². The maximum Gasteiger partial charge on any atom is 0.243 e.